The second-order valence-electron chi connectivity index (χ2n) is 7.65. The Morgan fingerprint density at radius 1 is 1.18 bits per heavy atom. The van der Waals surface area contributed by atoms with E-state index in [-0.39, 0.29) is 24.8 Å². The SMILES string of the molecule is CCC[C@H](CO)Nc1c(C(=O)OCC)c(NCc2ccc(OC)cc2OC)nc2cccnc12. The Labute approximate surface area is 199 Å². The van der Waals surface area contributed by atoms with Crippen LogP contribution < -0.4 is 20.1 Å². The maximum Gasteiger partial charge on any atom is 0.344 e. The van der Waals surface area contributed by atoms with Gasteiger partial charge in [-0.25, -0.2) is 9.78 Å². The summed E-state index contributed by atoms with van der Waals surface area (Å²) in [6.45, 7) is 4.26. The molecular formula is C25H32N4O5. The van der Waals surface area contributed by atoms with E-state index in [1.165, 1.54) is 0 Å². The fourth-order valence-corrected chi connectivity index (χ4v) is 3.70. The van der Waals surface area contributed by atoms with Crippen LogP contribution in [-0.2, 0) is 11.3 Å². The highest BCUT2D eigenvalue weighted by Gasteiger charge is 2.25. The molecule has 3 aromatic rings. The van der Waals surface area contributed by atoms with Gasteiger partial charge in [-0.1, -0.05) is 13.3 Å². The van der Waals surface area contributed by atoms with Gasteiger partial charge in [0, 0.05) is 30.4 Å². The Balaban J connectivity index is 2.09. The zero-order chi connectivity index (χ0) is 24.5. The topological polar surface area (TPSA) is 115 Å². The molecule has 1 aromatic carbocycles. The number of aliphatic hydroxyl groups excluding tert-OH is 1. The summed E-state index contributed by atoms with van der Waals surface area (Å²) in [5.41, 5.74) is 2.74. The van der Waals surface area contributed by atoms with Gasteiger partial charge in [0.25, 0.3) is 0 Å². The Kier molecular flexibility index (Phi) is 8.86. The third-order valence-corrected chi connectivity index (χ3v) is 5.37. The van der Waals surface area contributed by atoms with Crippen molar-refractivity contribution in [1.82, 2.24) is 9.97 Å². The number of nitrogens with one attached hydrogen (secondary N) is 2. The second kappa shape index (κ2) is 12.0. The molecule has 3 rings (SSSR count). The van der Waals surface area contributed by atoms with Crippen LogP contribution in [0.5, 0.6) is 11.5 Å². The van der Waals surface area contributed by atoms with Gasteiger partial charge in [-0.3, -0.25) is 4.98 Å². The molecular weight excluding hydrogens is 436 g/mol. The predicted molar refractivity (Wildman–Crippen MR) is 132 cm³/mol. The van der Waals surface area contributed by atoms with Crippen LogP contribution in [0.1, 0.15) is 42.6 Å². The number of anilines is 2. The lowest BCUT2D eigenvalue weighted by atomic mass is 10.1. The maximum atomic E-state index is 13.1. The monoisotopic (exact) mass is 468 g/mol. The normalized spacial score (nSPS) is 11.7. The first-order chi connectivity index (χ1) is 16.6. The second-order valence-corrected chi connectivity index (χ2v) is 7.65. The minimum absolute atomic E-state index is 0.0848. The number of methoxy groups -OCH3 is 2. The lowest BCUT2D eigenvalue weighted by Crippen LogP contribution is -2.26. The minimum Gasteiger partial charge on any atom is -0.497 e. The molecule has 0 aliphatic heterocycles. The summed E-state index contributed by atoms with van der Waals surface area (Å²) >= 11 is 0. The van der Waals surface area contributed by atoms with Gasteiger partial charge in [-0.15, -0.1) is 0 Å². The van der Waals surface area contributed by atoms with Crippen LogP contribution in [0.3, 0.4) is 0 Å². The third-order valence-electron chi connectivity index (χ3n) is 5.37. The van der Waals surface area contributed by atoms with Crippen molar-refractivity contribution in [1.29, 1.82) is 0 Å². The van der Waals surface area contributed by atoms with Crippen LogP contribution in [0.15, 0.2) is 36.5 Å². The van der Waals surface area contributed by atoms with Crippen molar-refractivity contribution < 1.29 is 24.1 Å². The number of esters is 1. The van der Waals surface area contributed by atoms with Gasteiger partial charge in [0.2, 0.25) is 0 Å². The number of aliphatic hydroxyl groups is 1. The number of pyridine rings is 2. The summed E-state index contributed by atoms with van der Waals surface area (Å²) in [4.78, 5) is 22.2. The molecule has 0 bridgehead atoms. The van der Waals surface area contributed by atoms with E-state index in [1.807, 2.05) is 25.1 Å². The maximum absolute atomic E-state index is 13.1. The van der Waals surface area contributed by atoms with Crippen LogP contribution in [0.2, 0.25) is 0 Å². The molecule has 0 fully saturated rings. The van der Waals surface area contributed by atoms with E-state index in [2.05, 4.69) is 20.6 Å². The number of nitrogens with zero attached hydrogens (tertiary/aromatic N) is 2. The molecule has 0 saturated heterocycles. The van der Waals surface area contributed by atoms with Gasteiger partial charge in [0.15, 0.2) is 0 Å². The first-order valence-corrected chi connectivity index (χ1v) is 11.3. The standard InChI is InChI=1S/C25H32N4O5/c1-5-8-17(15-30)28-23-21(25(31)34-6-2)24(29-19-9-7-12-26-22(19)23)27-14-16-10-11-18(32-3)13-20(16)33-4/h7,9-13,17,30H,5-6,8,14-15H2,1-4H3,(H2,27,28,29)/t17-/m1/s1. The molecule has 0 amide bonds. The number of rotatable bonds is 12. The average molecular weight is 469 g/mol. The van der Waals surface area contributed by atoms with Crippen LogP contribution in [0.4, 0.5) is 11.5 Å². The van der Waals surface area contributed by atoms with E-state index in [0.29, 0.717) is 40.6 Å². The molecule has 0 spiro atoms. The molecule has 2 aromatic heterocycles. The smallest absolute Gasteiger partial charge is 0.344 e. The molecule has 1 atom stereocenters. The molecule has 2 heterocycles. The average Bonchev–Trinajstić information content (AvgIpc) is 2.86. The summed E-state index contributed by atoms with van der Waals surface area (Å²) in [5.74, 6) is 1.16. The number of benzene rings is 1. The van der Waals surface area contributed by atoms with Gasteiger partial charge < -0.3 is 30.0 Å². The van der Waals surface area contributed by atoms with E-state index >= 15 is 0 Å². The van der Waals surface area contributed by atoms with E-state index in [0.717, 1.165) is 18.4 Å². The van der Waals surface area contributed by atoms with Gasteiger partial charge in [-0.2, -0.15) is 0 Å². The summed E-state index contributed by atoms with van der Waals surface area (Å²) in [6.07, 6.45) is 3.24. The Morgan fingerprint density at radius 3 is 2.68 bits per heavy atom. The van der Waals surface area contributed by atoms with E-state index in [9.17, 15) is 9.90 Å². The highest BCUT2D eigenvalue weighted by molar-refractivity contribution is 6.08. The van der Waals surface area contributed by atoms with Gasteiger partial charge in [0.1, 0.15) is 28.4 Å². The summed E-state index contributed by atoms with van der Waals surface area (Å²) in [5, 5.41) is 16.5. The fourth-order valence-electron chi connectivity index (χ4n) is 3.70. The lowest BCUT2D eigenvalue weighted by Gasteiger charge is -2.22. The van der Waals surface area contributed by atoms with Crippen molar-refractivity contribution in [3.8, 4) is 11.5 Å². The molecule has 0 radical (unpaired) electrons. The van der Waals surface area contributed by atoms with Crippen molar-refractivity contribution >= 4 is 28.5 Å². The molecule has 0 aliphatic rings. The number of carbonyl (C=O) groups excluding carboxylic acids is 1. The minimum atomic E-state index is -0.526. The fraction of sp³-hybridized carbons (Fsp3) is 0.400. The van der Waals surface area contributed by atoms with Crippen molar-refractivity contribution in [3.05, 3.63) is 47.7 Å². The number of aromatic nitrogens is 2. The number of carbonyl (C=O) groups is 1. The first-order valence-electron chi connectivity index (χ1n) is 11.3. The molecule has 9 nitrogen and oxygen atoms in total. The largest absolute Gasteiger partial charge is 0.497 e. The first kappa shape index (κ1) is 25.0. The Bertz CT molecular complexity index is 1120. The van der Waals surface area contributed by atoms with E-state index in [4.69, 9.17) is 14.2 Å². The summed E-state index contributed by atoms with van der Waals surface area (Å²) in [6, 6.07) is 8.89. The van der Waals surface area contributed by atoms with Crippen LogP contribution >= 0.6 is 0 Å². The molecule has 9 heteroatoms. The zero-order valence-corrected chi connectivity index (χ0v) is 20.1. The van der Waals surface area contributed by atoms with Crippen molar-refractivity contribution in [3.63, 3.8) is 0 Å². The Morgan fingerprint density at radius 2 is 2.00 bits per heavy atom. The van der Waals surface area contributed by atoms with Gasteiger partial charge >= 0.3 is 5.97 Å². The molecule has 182 valence electrons. The highest BCUT2D eigenvalue weighted by Crippen LogP contribution is 2.33. The van der Waals surface area contributed by atoms with E-state index in [1.54, 1.807) is 39.5 Å². The third kappa shape index (κ3) is 5.66. The number of hydrogen-bond acceptors (Lipinski definition) is 9. The quantitative estimate of drug-likeness (QED) is 0.339. The molecule has 34 heavy (non-hydrogen) atoms. The lowest BCUT2D eigenvalue weighted by molar-refractivity contribution is 0.0528. The molecule has 0 saturated carbocycles. The van der Waals surface area contributed by atoms with E-state index < -0.39 is 5.97 Å². The summed E-state index contributed by atoms with van der Waals surface area (Å²) < 4.78 is 16.1. The zero-order valence-electron chi connectivity index (χ0n) is 20.1. The van der Waals surface area contributed by atoms with Crippen LogP contribution in [0, 0.1) is 0 Å². The number of hydrogen-bond donors (Lipinski definition) is 3. The Hall–Kier alpha value is -3.59. The van der Waals surface area contributed by atoms with Gasteiger partial charge in [0.05, 0.1) is 38.6 Å². The van der Waals surface area contributed by atoms with Crippen LogP contribution in [-0.4, -0.2) is 54.5 Å². The molecule has 0 aliphatic carbocycles. The van der Waals surface area contributed by atoms with Crippen molar-refractivity contribution in [2.24, 2.45) is 0 Å². The van der Waals surface area contributed by atoms with Crippen molar-refractivity contribution in [2.75, 3.05) is 38.1 Å². The molecule has 3 N–H and O–H groups in total. The molecule has 0 unspecified atom stereocenters. The predicted octanol–water partition coefficient (Wildman–Crippen LogP) is 4.01. The van der Waals surface area contributed by atoms with Crippen molar-refractivity contribution in [2.45, 2.75) is 39.3 Å². The van der Waals surface area contributed by atoms with Crippen LogP contribution in [0.25, 0.3) is 11.0 Å². The highest BCUT2D eigenvalue weighted by atomic mass is 16.5. The number of ether oxygens (including phenoxy) is 3. The summed E-state index contributed by atoms with van der Waals surface area (Å²) in [7, 11) is 3.19. The van der Waals surface area contributed by atoms with Gasteiger partial charge in [-0.05, 0) is 37.6 Å². The number of fused-ring (bicyclic) bond motifs is 1.